The molecule has 2 aliphatic rings. The lowest BCUT2D eigenvalue weighted by Gasteiger charge is -2.27. The molecule has 0 aromatic carbocycles. The third kappa shape index (κ3) is 7.67. The average Bonchev–Trinajstić information content (AvgIpc) is 3.23. The van der Waals surface area contributed by atoms with Crippen LogP contribution in [0.1, 0.15) is 51.8 Å². The third-order valence-corrected chi connectivity index (χ3v) is 7.81. The van der Waals surface area contributed by atoms with Crippen LogP contribution in [0.5, 0.6) is 0 Å². The van der Waals surface area contributed by atoms with Gasteiger partial charge in [-0.3, -0.25) is 24.4 Å². The number of nitrogens with zero attached hydrogens (tertiary/aromatic N) is 2. The molecule has 2 aliphatic heterocycles. The predicted molar refractivity (Wildman–Crippen MR) is 142 cm³/mol. The van der Waals surface area contributed by atoms with Crippen LogP contribution in [-0.2, 0) is 30.5 Å². The number of allylic oxidation sites excluding steroid dienone is 1. The largest absolute Gasteiger partial charge is 0.456 e. The molecule has 0 saturated heterocycles. The first-order chi connectivity index (χ1) is 17.1. The summed E-state index contributed by atoms with van der Waals surface area (Å²) >= 11 is 2.67. The lowest BCUT2D eigenvalue weighted by molar-refractivity contribution is -0.153. The number of aliphatic imine (C=N–C) groups is 1. The Labute approximate surface area is 219 Å². The number of thioether (sulfide) groups is 2. The molecule has 4 bridgehead atoms. The van der Waals surface area contributed by atoms with Crippen LogP contribution in [0.2, 0.25) is 0 Å². The number of hydrogen-bond acceptors (Lipinski definition) is 9. The smallest absolute Gasteiger partial charge is 0.329 e. The third-order valence-electron chi connectivity index (χ3n) is 5.66. The maximum atomic E-state index is 13.2. The monoisotopic (exact) mass is 532 g/mol. The first-order valence-corrected chi connectivity index (χ1v) is 13.8. The first-order valence-electron chi connectivity index (χ1n) is 11.8. The minimum Gasteiger partial charge on any atom is -0.456 e. The fourth-order valence-corrected chi connectivity index (χ4v) is 5.31. The van der Waals surface area contributed by atoms with Crippen LogP contribution < -0.4 is 10.6 Å². The van der Waals surface area contributed by atoms with Crippen molar-refractivity contribution in [1.29, 1.82) is 0 Å². The van der Waals surface area contributed by atoms with Crippen molar-refractivity contribution in [2.24, 2.45) is 10.9 Å². The Morgan fingerprint density at radius 3 is 2.86 bits per heavy atom. The lowest BCUT2D eigenvalue weighted by atomic mass is 10.00. The van der Waals surface area contributed by atoms with Gasteiger partial charge < -0.3 is 15.4 Å². The van der Waals surface area contributed by atoms with E-state index in [0.717, 1.165) is 5.56 Å². The number of esters is 1. The van der Waals surface area contributed by atoms with E-state index in [9.17, 15) is 19.2 Å². The molecule has 0 spiro atoms. The average molecular weight is 533 g/mol. The number of amides is 2. The molecule has 0 aliphatic carbocycles. The lowest BCUT2D eigenvalue weighted by Crippen LogP contribution is -2.53. The van der Waals surface area contributed by atoms with Crippen LogP contribution in [0, 0.1) is 5.92 Å². The van der Waals surface area contributed by atoms with E-state index < -0.39 is 23.7 Å². The van der Waals surface area contributed by atoms with E-state index in [2.05, 4.69) is 20.6 Å². The molecular weight excluding hydrogens is 500 g/mol. The number of hydrogen-bond donors (Lipinski definition) is 2. The maximum Gasteiger partial charge on any atom is 0.329 e. The van der Waals surface area contributed by atoms with Crippen molar-refractivity contribution in [3.8, 4) is 0 Å². The predicted octanol–water partition coefficient (Wildman–Crippen LogP) is 2.63. The van der Waals surface area contributed by atoms with E-state index in [1.807, 2.05) is 26.0 Å². The van der Waals surface area contributed by atoms with Crippen molar-refractivity contribution in [2.75, 3.05) is 11.5 Å². The highest BCUT2D eigenvalue weighted by Crippen LogP contribution is 2.31. The quantitative estimate of drug-likeness (QED) is 0.337. The zero-order valence-corrected chi connectivity index (χ0v) is 22.5. The maximum absolute atomic E-state index is 13.2. The fraction of sp³-hybridized carbons (Fsp3) is 0.520. The highest BCUT2D eigenvalue weighted by molar-refractivity contribution is 8.14. The number of rotatable bonds is 5. The highest BCUT2D eigenvalue weighted by atomic mass is 32.2. The zero-order valence-electron chi connectivity index (χ0n) is 20.9. The summed E-state index contributed by atoms with van der Waals surface area (Å²) in [7, 11) is 0. The minimum absolute atomic E-state index is 0.0259. The molecule has 0 radical (unpaired) electrons. The minimum atomic E-state index is -1.03. The molecule has 2 amide bonds. The second-order valence-corrected chi connectivity index (χ2v) is 11.5. The Bertz CT molecular complexity index is 1070. The number of carbonyl (C=O) groups is 4. The van der Waals surface area contributed by atoms with Crippen LogP contribution in [0.4, 0.5) is 0 Å². The van der Waals surface area contributed by atoms with E-state index >= 15 is 0 Å². The molecule has 3 heterocycles. The topological polar surface area (TPSA) is 127 Å². The molecule has 1 aromatic rings. The van der Waals surface area contributed by atoms with Crippen LogP contribution in [0.3, 0.4) is 0 Å². The fourth-order valence-electron chi connectivity index (χ4n) is 3.60. The summed E-state index contributed by atoms with van der Waals surface area (Å²) in [6.45, 7) is 7.10. The van der Waals surface area contributed by atoms with Crippen LogP contribution >= 0.6 is 23.5 Å². The van der Waals surface area contributed by atoms with E-state index in [1.165, 1.54) is 30.4 Å². The van der Waals surface area contributed by atoms with Gasteiger partial charge in [-0.15, -0.1) is 11.8 Å². The summed E-state index contributed by atoms with van der Waals surface area (Å²) in [5, 5.41) is 6.41. The first kappa shape index (κ1) is 27.9. The Morgan fingerprint density at radius 2 is 2.14 bits per heavy atom. The number of cyclic esters (lactones) is 1. The van der Waals surface area contributed by atoms with Crippen LogP contribution in [-0.4, -0.2) is 62.1 Å². The van der Waals surface area contributed by atoms with Gasteiger partial charge in [0, 0.05) is 30.2 Å². The number of carbonyl (C=O) groups excluding carboxylic acids is 4. The molecule has 9 nitrogen and oxygen atoms in total. The number of aromatic nitrogens is 1. The Hall–Kier alpha value is -2.66. The molecule has 3 rings (SSSR count). The van der Waals surface area contributed by atoms with Crippen molar-refractivity contribution in [3.63, 3.8) is 0 Å². The van der Waals surface area contributed by atoms with Gasteiger partial charge in [-0.2, -0.15) is 0 Å². The normalized spacial score (nSPS) is 25.4. The van der Waals surface area contributed by atoms with E-state index in [1.54, 1.807) is 25.3 Å². The molecule has 1 unspecified atom stereocenters. The molecule has 0 saturated carbocycles. The molecular formula is C25H32N4O5S2. The Morgan fingerprint density at radius 1 is 1.36 bits per heavy atom. The van der Waals surface area contributed by atoms with Gasteiger partial charge in [-0.05, 0) is 37.5 Å². The molecule has 2 N–H and O–H groups in total. The summed E-state index contributed by atoms with van der Waals surface area (Å²) < 4.78 is 5.70. The molecule has 11 heteroatoms. The second kappa shape index (κ2) is 12.5. The highest BCUT2D eigenvalue weighted by Gasteiger charge is 2.41. The van der Waals surface area contributed by atoms with Gasteiger partial charge in [0.05, 0.1) is 23.7 Å². The van der Waals surface area contributed by atoms with Gasteiger partial charge in [-0.25, -0.2) is 4.79 Å². The van der Waals surface area contributed by atoms with E-state index in [-0.39, 0.29) is 35.8 Å². The summed E-state index contributed by atoms with van der Waals surface area (Å²) in [4.78, 5) is 59.2. The van der Waals surface area contributed by atoms with Crippen molar-refractivity contribution in [2.45, 2.75) is 64.8 Å². The second-order valence-electron chi connectivity index (χ2n) is 9.22. The summed E-state index contributed by atoms with van der Waals surface area (Å²) in [5.41, 5.74) is 0.446. The molecule has 0 fully saturated rings. The van der Waals surface area contributed by atoms with Gasteiger partial charge >= 0.3 is 5.97 Å². The van der Waals surface area contributed by atoms with Gasteiger partial charge in [0.2, 0.25) is 11.8 Å². The summed E-state index contributed by atoms with van der Waals surface area (Å²) in [6, 6.07) is 2.78. The van der Waals surface area contributed by atoms with E-state index in [4.69, 9.17) is 4.74 Å². The Kier molecular flexibility index (Phi) is 9.72. The zero-order chi connectivity index (χ0) is 26.3. The van der Waals surface area contributed by atoms with Gasteiger partial charge in [0.1, 0.15) is 17.7 Å². The van der Waals surface area contributed by atoms with Crippen LogP contribution in [0.15, 0.2) is 35.5 Å². The summed E-state index contributed by atoms with van der Waals surface area (Å²) in [5.74, 6) is -0.490. The standard InChI is InChI=1S/C25H32N4O5S2/c1-15(2)21-23(32)34-19(7-5-6-10-35-16(3)30)12-20(31)27-13-18-11-17(8-9-26-18)22-29-25(4,14-36-22)24(33)28-21/h5,7-9,11,15,19,21H,6,10,12-14H2,1-4H3,(H,27,31)(H,28,33)/b7-5+/t19-,21?,25+/m1/s1. The van der Waals surface area contributed by atoms with Gasteiger partial charge in [-0.1, -0.05) is 31.7 Å². The number of pyridine rings is 1. The van der Waals surface area contributed by atoms with Crippen molar-refractivity contribution >= 4 is 51.5 Å². The number of fused-ring (bicyclic) bond motifs is 4. The molecule has 1 aromatic heterocycles. The number of nitrogens with one attached hydrogen (secondary N) is 2. The summed E-state index contributed by atoms with van der Waals surface area (Å²) in [6.07, 6.45) is 4.77. The van der Waals surface area contributed by atoms with E-state index in [0.29, 0.717) is 28.7 Å². The number of ether oxygens (including phenoxy) is 1. The van der Waals surface area contributed by atoms with Gasteiger partial charge in [0.25, 0.3) is 0 Å². The molecule has 194 valence electrons. The Balaban J connectivity index is 1.88. The van der Waals surface area contributed by atoms with Crippen molar-refractivity contribution < 1.29 is 23.9 Å². The molecule has 36 heavy (non-hydrogen) atoms. The van der Waals surface area contributed by atoms with Crippen molar-refractivity contribution in [3.05, 3.63) is 41.7 Å². The van der Waals surface area contributed by atoms with Crippen molar-refractivity contribution in [1.82, 2.24) is 15.6 Å². The molecule has 3 atom stereocenters. The van der Waals surface area contributed by atoms with Gasteiger partial charge in [0.15, 0.2) is 5.12 Å². The van der Waals surface area contributed by atoms with Crippen LogP contribution in [0.25, 0.3) is 0 Å². The SMILES string of the molecule is CC(=O)SCC/C=C/[C@@H]1CC(=O)NCc2cc(ccn2)C2=N[C@@](C)(CS2)C(=O)NC(C(C)C)C(=O)O1.